The molecule has 2 aliphatic heterocycles. The Kier molecular flexibility index (Phi) is 33.6. The zero-order valence-corrected chi connectivity index (χ0v) is 41.7. The molecule has 0 unspecified atom stereocenters. The summed E-state index contributed by atoms with van der Waals surface area (Å²) in [6.45, 7) is 4.28. The van der Waals surface area contributed by atoms with Gasteiger partial charge in [0.15, 0.2) is 0 Å². The largest absolute Gasteiger partial charge is 0.355 e. The molecule has 0 radical (unpaired) electrons. The second-order valence-electron chi connectivity index (χ2n) is 14.2. The van der Waals surface area contributed by atoms with Crippen LogP contribution in [-0.4, -0.2) is 175 Å². The molecule has 20 nitrogen and oxygen atoms in total. The SMILES string of the molecule is CSCCNC(=O)CCC(=O)N1C(=O)CCC1=O.CSCCNC(=O)CCC(=O)N1CCCC1.CSCCNC(=O)CCC(=O)n1ccnc1.CSCCNC(=O)CCC(=O)n1ccnc1. The molecule has 0 aliphatic carbocycles. The van der Waals surface area contributed by atoms with Gasteiger partial charge in [0, 0.05) is 151 Å². The number of aromatic nitrogens is 4. The van der Waals surface area contributed by atoms with E-state index in [9.17, 15) is 47.9 Å². The first-order chi connectivity index (χ1) is 31.8. The van der Waals surface area contributed by atoms with Crippen LogP contribution < -0.4 is 21.3 Å². The molecule has 2 aromatic rings. The van der Waals surface area contributed by atoms with E-state index in [2.05, 4.69) is 31.2 Å². The molecular formula is C42H66N10O10S4. The number of rotatable bonds is 24. The van der Waals surface area contributed by atoms with Crippen LogP contribution in [0.25, 0.3) is 0 Å². The first-order valence-electron chi connectivity index (χ1n) is 21.5. The molecule has 8 amide bonds. The number of thioether (sulfide) groups is 4. The van der Waals surface area contributed by atoms with Crippen LogP contribution in [0.1, 0.15) is 86.6 Å². The van der Waals surface area contributed by atoms with Gasteiger partial charge in [-0.2, -0.15) is 47.0 Å². The van der Waals surface area contributed by atoms with Gasteiger partial charge in [-0.15, -0.1) is 0 Å². The number of carbonyl (C=O) groups excluding carboxylic acids is 10. The van der Waals surface area contributed by atoms with Crippen molar-refractivity contribution in [3.8, 4) is 0 Å². The van der Waals surface area contributed by atoms with Crippen molar-refractivity contribution in [3.05, 3.63) is 37.4 Å². The van der Waals surface area contributed by atoms with Crippen LogP contribution in [0, 0.1) is 0 Å². The molecule has 66 heavy (non-hydrogen) atoms. The topological polar surface area (TPSA) is 261 Å². The molecule has 2 aromatic heterocycles. The van der Waals surface area contributed by atoms with E-state index in [0.717, 1.165) is 48.9 Å². The summed E-state index contributed by atoms with van der Waals surface area (Å²) in [5, 5.41) is 10.9. The zero-order valence-electron chi connectivity index (χ0n) is 38.4. The summed E-state index contributed by atoms with van der Waals surface area (Å²) in [7, 11) is 0. The Hall–Kier alpha value is -4.68. The molecule has 2 aliphatic rings. The average Bonchev–Trinajstić information content (AvgIpc) is 4.17. The second-order valence-corrected chi connectivity index (χ2v) is 18.1. The number of nitrogens with one attached hydrogen (secondary N) is 4. The van der Waals surface area contributed by atoms with Crippen LogP contribution in [-0.2, 0) is 38.4 Å². The van der Waals surface area contributed by atoms with Crippen LogP contribution >= 0.6 is 47.0 Å². The molecule has 2 saturated heterocycles. The van der Waals surface area contributed by atoms with Gasteiger partial charge in [-0.1, -0.05) is 0 Å². The highest BCUT2D eigenvalue weighted by Gasteiger charge is 2.34. The molecule has 4 N–H and O–H groups in total. The predicted octanol–water partition coefficient (Wildman–Crippen LogP) is 2.36. The van der Waals surface area contributed by atoms with Gasteiger partial charge in [-0.05, 0) is 37.9 Å². The van der Waals surface area contributed by atoms with Gasteiger partial charge in [0.25, 0.3) is 0 Å². The highest BCUT2D eigenvalue weighted by Crippen LogP contribution is 2.14. The first-order valence-corrected chi connectivity index (χ1v) is 27.1. The summed E-state index contributed by atoms with van der Waals surface area (Å²) >= 11 is 6.65. The zero-order chi connectivity index (χ0) is 49.0. The molecule has 4 rings (SSSR count). The normalized spacial score (nSPS) is 12.7. The average molecular weight is 999 g/mol. The van der Waals surface area contributed by atoms with Gasteiger partial charge in [0.1, 0.15) is 12.7 Å². The van der Waals surface area contributed by atoms with Crippen LogP contribution in [0.4, 0.5) is 0 Å². The van der Waals surface area contributed by atoms with Gasteiger partial charge in [-0.3, -0.25) is 57.1 Å². The van der Waals surface area contributed by atoms with Crippen LogP contribution in [0.5, 0.6) is 0 Å². The third-order valence-corrected chi connectivity index (χ3v) is 11.6. The van der Waals surface area contributed by atoms with E-state index in [1.165, 1.54) is 34.2 Å². The lowest BCUT2D eigenvalue weighted by atomic mass is 10.2. The fraction of sp³-hybridized carbons (Fsp3) is 0.619. The number of imidazole rings is 2. The van der Waals surface area contributed by atoms with Crippen LogP contribution in [0.3, 0.4) is 0 Å². The van der Waals surface area contributed by atoms with Gasteiger partial charge < -0.3 is 26.2 Å². The summed E-state index contributed by atoms with van der Waals surface area (Å²) in [5.41, 5.74) is 0. The molecule has 4 heterocycles. The Morgan fingerprint density at radius 1 is 0.485 bits per heavy atom. The van der Waals surface area contributed by atoms with Crippen molar-refractivity contribution in [2.45, 2.75) is 77.0 Å². The molecule has 2 fully saturated rings. The number of nitrogens with zero attached hydrogens (tertiary/aromatic N) is 6. The lowest BCUT2D eigenvalue weighted by Crippen LogP contribution is -2.36. The van der Waals surface area contributed by atoms with E-state index in [0.29, 0.717) is 43.9 Å². The van der Waals surface area contributed by atoms with E-state index in [1.807, 2.05) is 29.9 Å². The van der Waals surface area contributed by atoms with Crippen molar-refractivity contribution in [2.75, 3.05) is 87.3 Å². The van der Waals surface area contributed by atoms with Crippen molar-refractivity contribution < 1.29 is 47.9 Å². The molecular weight excluding hydrogens is 933 g/mol. The molecule has 24 heteroatoms. The van der Waals surface area contributed by atoms with Crippen molar-refractivity contribution in [1.82, 2.24) is 50.2 Å². The van der Waals surface area contributed by atoms with E-state index in [-0.39, 0.29) is 92.7 Å². The number of carbonyl (C=O) groups is 10. The van der Waals surface area contributed by atoms with Crippen molar-refractivity contribution in [1.29, 1.82) is 0 Å². The summed E-state index contributed by atoms with van der Waals surface area (Å²) in [5.74, 6) is 1.48. The molecule has 0 saturated carbocycles. The highest BCUT2D eigenvalue weighted by molar-refractivity contribution is 7.99. The predicted molar refractivity (Wildman–Crippen MR) is 260 cm³/mol. The van der Waals surface area contributed by atoms with Crippen molar-refractivity contribution >= 4 is 106 Å². The highest BCUT2D eigenvalue weighted by atomic mass is 32.2. The van der Waals surface area contributed by atoms with E-state index in [1.54, 1.807) is 59.4 Å². The molecule has 368 valence electrons. The lowest BCUT2D eigenvalue weighted by Gasteiger charge is -2.14. The fourth-order valence-corrected chi connectivity index (χ4v) is 6.79. The fourth-order valence-electron chi connectivity index (χ4n) is 5.57. The van der Waals surface area contributed by atoms with Gasteiger partial charge >= 0.3 is 0 Å². The molecule has 0 bridgehead atoms. The first kappa shape index (κ1) is 59.3. The lowest BCUT2D eigenvalue weighted by molar-refractivity contribution is -0.150. The summed E-state index contributed by atoms with van der Waals surface area (Å²) in [4.78, 5) is 124. The van der Waals surface area contributed by atoms with Crippen LogP contribution in [0.2, 0.25) is 0 Å². The van der Waals surface area contributed by atoms with Crippen molar-refractivity contribution in [3.63, 3.8) is 0 Å². The summed E-state index contributed by atoms with van der Waals surface area (Å²) in [6.07, 6.45) is 20.8. The second kappa shape index (κ2) is 37.4. The number of imide groups is 3. The minimum atomic E-state index is -0.581. The summed E-state index contributed by atoms with van der Waals surface area (Å²) in [6, 6.07) is 0. The van der Waals surface area contributed by atoms with Crippen molar-refractivity contribution in [2.24, 2.45) is 0 Å². The maximum atomic E-state index is 11.6. The molecule has 0 atom stereocenters. The number of hydrogen-bond donors (Lipinski definition) is 4. The third-order valence-electron chi connectivity index (χ3n) is 9.12. The number of likely N-dealkylation sites (tertiary alicyclic amines) is 2. The van der Waals surface area contributed by atoms with E-state index >= 15 is 0 Å². The molecule has 0 spiro atoms. The molecule has 0 aromatic carbocycles. The third kappa shape index (κ3) is 27.7. The Balaban J connectivity index is 0.000000441. The standard InChI is InChI=1S/C11H16N2O4S.C11H20N2O2S.2C10H15N3O2S/c1-18-7-6-12-8(14)2-3-9(15)13-10(16)4-5-11(13)17;1-16-9-6-12-10(14)4-5-11(15)13-7-2-3-8-13;2*1-16-7-5-12-9(14)2-3-10(15)13-6-4-11-8-13/h2-7H2,1H3,(H,12,14);2-9H2,1H3,(H,12,14);2*4,6,8H,2-3,5,7H2,1H3,(H,12,14). The maximum Gasteiger partial charge on any atom is 0.236 e. The van der Waals surface area contributed by atoms with Crippen LogP contribution in [0.15, 0.2) is 37.4 Å². The van der Waals surface area contributed by atoms with E-state index < -0.39 is 17.7 Å². The minimum Gasteiger partial charge on any atom is -0.355 e. The van der Waals surface area contributed by atoms with Gasteiger partial charge in [-0.25, -0.2) is 14.9 Å². The van der Waals surface area contributed by atoms with Gasteiger partial charge in [0.2, 0.25) is 59.1 Å². The quantitative estimate of drug-likeness (QED) is 0.0869. The smallest absolute Gasteiger partial charge is 0.236 e. The maximum absolute atomic E-state index is 11.6. The van der Waals surface area contributed by atoms with E-state index in [4.69, 9.17) is 0 Å². The Bertz CT molecular complexity index is 1710. The number of hydrogen-bond acceptors (Lipinski definition) is 16. The minimum absolute atomic E-state index is 0.00424. The monoisotopic (exact) mass is 998 g/mol. The van der Waals surface area contributed by atoms with Gasteiger partial charge in [0.05, 0.1) is 0 Å². The Labute approximate surface area is 404 Å². The number of amides is 8. The Morgan fingerprint density at radius 2 is 0.803 bits per heavy atom. The summed E-state index contributed by atoms with van der Waals surface area (Å²) < 4.78 is 2.77. The Morgan fingerprint density at radius 3 is 1.11 bits per heavy atom.